The van der Waals surface area contributed by atoms with Crippen LogP contribution in [-0.2, 0) is 24.6 Å². The smallest absolute Gasteiger partial charge is 0.271 e. The molecule has 0 spiro atoms. The minimum Gasteiger partial charge on any atom is -0.503 e. The second-order valence-corrected chi connectivity index (χ2v) is 14.6. The molecular formula is C39H29Cl2FN4O8. The summed E-state index contributed by atoms with van der Waals surface area (Å²) in [4.78, 5) is 70.6. The third kappa shape index (κ3) is 5.17. The topological polar surface area (TPSA) is 159 Å². The fourth-order valence-electron chi connectivity index (χ4n) is 8.95. The molecule has 54 heavy (non-hydrogen) atoms. The van der Waals surface area contributed by atoms with Crippen molar-refractivity contribution >= 4 is 63.9 Å². The van der Waals surface area contributed by atoms with Gasteiger partial charge in [-0.25, -0.2) is 9.29 Å². The van der Waals surface area contributed by atoms with E-state index in [2.05, 4.69) is 5.43 Å². The van der Waals surface area contributed by atoms with Gasteiger partial charge < -0.3 is 9.84 Å². The Morgan fingerprint density at radius 2 is 1.67 bits per heavy atom. The maximum atomic E-state index is 15.3. The van der Waals surface area contributed by atoms with Crippen LogP contribution in [0, 0.1) is 39.6 Å². The Morgan fingerprint density at radius 3 is 2.35 bits per heavy atom. The van der Waals surface area contributed by atoms with Crippen LogP contribution in [0.25, 0.3) is 0 Å². The van der Waals surface area contributed by atoms with Crippen LogP contribution in [0.5, 0.6) is 11.5 Å². The van der Waals surface area contributed by atoms with E-state index in [9.17, 15) is 34.0 Å². The number of nitro benzene ring substituents is 1. The van der Waals surface area contributed by atoms with E-state index in [-0.39, 0.29) is 46.4 Å². The van der Waals surface area contributed by atoms with Crippen molar-refractivity contribution in [2.24, 2.45) is 23.7 Å². The Kier molecular flexibility index (Phi) is 8.46. The summed E-state index contributed by atoms with van der Waals surface area (Å²) >= 11 is 12.9. The molecule has 3 fully saturated rings. The molecule has 8 rings (SSSR count). The SMILES string of the molecule is COc1cc(C2C3=CCC4C(=O)N(c5cccc([N+](=O)[O-])c5)C(=O)C4C3CC3C(=O)N(Nc4ccc(F)cc4)C(=O)C32c2ccc(Cl)cc2)cc(Cl)c1O. The van der Waals surface area contributed by atoms with Gasteiger partial charge in [-0.2, -0.15) is 5.01 Å². The van der Waals surface area contributed by atoms with Crippen molar-refractivity contribution in [3.8, 4) is 11.5 Å². The van der Waals surface area contributed by atoms with Crippen LogP contribution in [-0.4, -0.2) is 45.8 Å². The maximum Gasteiger partial charge on any atom is 0.271 e. The number of aromatic hydroxyl groups is 1. The predicted octanol–water partition coefficient (Wildman–Crippen LogP) is 6.94. The lowest BCUT2D eigenvalue weighted by atomic mass is 9.49. The summed E-state index contributed by atoms with van der Waals surface area (Å²) in [7, 11) is 1.34. The molecule has 2 aliphatic heterocycles. The van der Waals surface area contributed by atoms with Crippen molar-refractivity contribution in [2.45, 2.75) is 24.2 Å². The van der Waals surface area contributed by atoms with E-state index in [0.29, 0.717) is 21.7 Å². The molecule has 2 aliphatic carbocycles. The number of hydrazine groups is 1. The summed E-state index contributed by atoms with van der Waals surface area (Å²) in [6.45, 7) is 0. The lowest BCUT2D eigenvalue weighted by molar-refractivity contribution is -0.384. The molecule has 2 N–H and O–H groups in total. The van der Waals surface area contributed by atoms with E-state index in [0.717, 1.165) is 9.91 Å². The van der Waals surface area contributed by atoms with Gasteiger partial charge in [0, 0.05) is 23.1 Å². The number of nitrogens with zero attached hydrogens (tertiary/aromatic N) is 3. The van der Waals surface area contributed by atoms with Gasteiger partial charge in [-0.1, -0.05) is 53.1 Å². The minimum absolute atomic E-state index is 0.00116. The van der Waals surface area contributed by atoms with Crippen molar-refractivity contribution in [2.75, 3.05) is 17.4 Å². The number of rotatable bonds is 7. The number of methoxy groups -OCH3 is 1. The number of hydrogen-bond donors (Lipinski definition) is 2. The average Bonchev–Trinajstić information content (AvgIpc) is 3.54. The van der Waals surface area contributed by atoms with Gasteiger partial charge >= 0.3 is 0 Å². The van der Waals surface area contributed by atoms with E-state index in [4.69, 9.17) is 27.9 Å². The Hall–Kier alpha value is -5.79. The molecule has 0 bridgehead atoms. The second kappa shape index (κ2) is 13.0. The molecule has 4 amide bonds. The van der Waals surface area contributed by atoms with E-state index < -0.39 is 69.4 Å². The number of nitro groups is 1. The zero-order valence-corrected chi connectivity index (χ0v) is 29.8. The number of carbonyl (C=O) groups excluding carboxylic acids is 4. The Balaban J connectivity index is 1.34. The first kappa shape index (κ1) is 35.3. The van der Waals surface area contributed by atoms with E-state index >= 15 is 4.79 Å². The van der Waals surface area contributed by atoms with Crippen molar-refractivity contribution in [3.63, 3.8) is 0 Å². The molecule has 1 saturated carbocycles. The van der Waals surface area contributed by atoms with Crippen LogP contribution in [0.4, 0.5) is 21.5 Å². The monoisotopic (exact) mass is 770 g/mol. The van der Waals surface area contributed by atoms with E-state index in [1.165, 1.54) is 67.8 Å². The first-order valence-electron chi connectivity index (χ1n) is 16.9. The number of nitrogens with one attached hydrogen (secondary N) is 1. The van der Waals surface area contributed by atoms with Crippen molar-refractivity contribution < 1.29 is 38.3 Å². The van der Waals surface area contributed by atoms with Gasteiger partial charge in [0.25, 0.3) is 17.5 Å². The molecule has 6 atom stereocenters. The number of anilines is 2. The molecule has 274 valence electrons. The largest absolute Gasteiger partial charge is 0.503 e. The predicted molar refractivity (Wildman–Crippen MR) is 194 cm³/mol. The highest BCUT2D eigenvalue weighted by Gasteiger charge is 2.70. The molecule has 4 aromatic carbocycles. The molecule has 2 saturated heterocycles. The lowest BCUT2D eigenvalue weighted by Gasteiger charge is -2.50. The minimum atomic E-state index is -1.69. The van der Waals surface area contributed by atoms with Crippen molar-refractivity contribution in [3.05, 3.63) is 134 Å². The third-order valence-corrected chi connectivity index (χ3v) is 11.7. The number of imide groups is 2. The molecule has 4 aromatic rings. The van der Waals surface area contributed by atoms with Crippen LogP contribution in [0.2, 0.25) is 10.0 Å². The Bertz CT molecular complexity index is 2320. The number of fused-ring (bicyclic) bond motifs is 4. The number of benzene rings is 4. The number of phenolic OH excluding ortho intramolecular Hbond substituents is 1. The molecular weight excluding hydrogens is 742 g/mol. The van der Waals surface area contributed by atoms with Crippen molar-refractivity contribution in [1.29, 1.82) is 0 Å². The van der Waals surface area contributed by atoms with Crippen LogP contribution >= 0.6 is 23.2 Å². The first-order chi connectivity index (χ1) is 25.9. The Labute approximate surface area is 316 Å². The Morgan fingerprint density at radius 1 is 0.944 bits per heavy atom. The van der Waals surface area contributed by atoms with Gasteiger partial charge in [-0.3, -0.25) is 34.7 Å². The van der Waals surface area contributed by atoms with Crippen LogP contribution in [0.15, 0.2) is 96.6 Å². The van der Waals surface area contributed by atoms with Gasteiger partial charge in [-0.05, 0) is 84.5 Å². The van der Waals surface area contributed by atoms with Crippen LogP contribution < -0.4 is 15.1 Å². The quantitative estimate of drug-likeness (QED) is 0.0878. The molecule has 4 aliphatic rings. The summed E-state index contributed by atoms with van der Waals surface area (Å²) in [5, 5.41) is 23.6. The molecule has 12 nitrogen and oxygen atoms in total. The highest BCUT2D eigenvalue weighted by molar-refractivity contribution is 6.32. The number of halogens is 3. The van der Waals surface area contributed by atoms with Gasteiger partial charge in [-0.15, -0.1) is 0 Å². The summed E-state index contributed by atoms with van der Waals surface area (Å²) in [5.74, 6) is -8.02. The normalized spacial score (nSPS) is 25.9. The zero-order chi connectivity index (χ0) is 38.2. The first-order valence-corrected chi connectivity index (χ1v) is 17.7. The average molecular weight is 772 g/mol. The number of phenols is 1. The van der Waals surface area contributed by atoms with E-state index in [1.54, 1.807) is 24.3 Å². The zero-order valence-electron chi connectivity index (χ0n) is 28.2. The fraction of sp³-hybridized carbons (Fsp3) is 0.231. The summed E-state index contributed by atoms with van der Waals surface area (Å²) in [6, 6.07) is 19.9. The molecule has 0 aromatic heterocycles. The number of amides is 4. The summed E-state index contributed by atoms with van der Waals surface area (Å²) in [6.07, 6.45) is 1.88. The summed E-state index contributed by atoms with van der Waals surface area (Å²) < 4.78 is 19.4. The molecule has 0 radical (unpaired) electrons. The third-order valence-electron chi connectivity index (χ3n) is 11.2. The van der Waals surface area contributed by atoms with E-state index in [1.807, 2.05) is 6.08 Å². The van der Waals surface area contributed by atoms with Crippen LogP contribution in [0.3, 0.4) is 0 Å². The number of carbonyl (C=O) groups is 4. The number of non-ortho nitro benzene ring substituents is 1. The number of hydrogen-bond acceptors (Lipinski definition) is 9. The molecule has 15 heteroatoms. The molecule has 2 heterocycles. The highest BCUT2D eigenvalue weighted by atomic mass is 35.5. The number of allylic oxidation sites excluding steroid dienone is 2. The summed E-state index contributed by atoms with van der Waals surface area (Å²) in [5.41, 5.74) is 2.61. The standard InChI is InChI=1S/C39H29Cl2FN4O8/c1-54-31-16-19(15-30(41)34(31)47)33-26-13-14-27-32(37(50)44(35(27)48)24-3-2-4-25(17-24)46(52)53)28(26)18-29-36(49)45(43-23-11-9-22(42)10-12-23)38(51)39(29,33)20-5-7-21(40)8-6-20/h2-13,15-17,27-29,32-33,43,47H,14,18H2,1H3. The van der Waals surface area contributed by atoms with Gasteiger partial charge in [0.2, 0.25) is 11.8 Å². The van der Waals surface area contributed by atoms with Crippen molar-refractivity contribution in [1.82, 2.24) is 5.01 Å². The molecule has 6 unspecified atom stereocenters. The van der Waals surface area contributed by atoms with Gasteiger partial charge in [0.15, 0.2) is 11.5 Å². The van der Waals surface area contributed by atoms with Gasteiger partial charge in [0.1, 0.15) is 5.82 Å². The maximum absolute atomic E-state index is 15.3. The second-order valence-electron chi connectivity index (χ2n) is 13.7. The van der Waals surface area contributed by atoms with Crippen LogP contribution in [0.1, 0.15) is 29.9 Å². The highest BCUT2D eigenvalue weighted by Crippen LogP contribution is 2.65. The fourth-order valence-corrected chi connectivity index (χ4v) is 9.29. The number of ether oxygens (including phenoxy) is 1. The lowest BCUT2D eigenvalue weighted by Crippen LogP contribution is -2.53. The van der Waals surface area contributed by atoms with Gasteiger partial charge in [0.05, 0.1) is 51.6 Å².